The second kappa shape index (κ2) is 6.62. The van der Waals surface area contributed by atoms with Gasteiger partial charge in [0.2, 0.25) is 5.16 Å². The van der Waals surface area contributed by atoms with Crippen molar-refractivity contribution in [2.75, 3.05) is 0 Å². The van der Waals surface area contributed by atoms with Gasteiger partial charge in [-0.3, -0.25) is 4.79 Å². The summed E-state index contributed by atoms with van der Waals surface area (Å²) in [6.45, 7) is 0. The molecule has 3 aromatic heterocycles. The van der Waals surface area contributed by atoms with E-state index in [2.05, 4.69) is 15.3 Å². The van der Waals surface area contributed by atoms with Gasteiger partial charge in [0.1, 0.15) is 17.0 Å². The summed E-state index contributed by atoms with van der Waals surface area (Å²) in [7, 11) is 0. The average Bonchev–Trinajstić information content (AvgIpc) is 3.25. The molecule has 126 valence electrons. The van der Waals surface area contributed by atoms with Crippen molar-refractivity contribution >= 4 is 40.2 Å². The maximum Gasteiger partial charge on any atom is 0.290 e. The van der Waals surface area contributed by atoms with E-state index in [1.54, 1.807) is 23.5 Å². The van der Waals surface area contributed by atoms with Crippen LogP contribution < -0.4 is 5.56 Å². The number of hydrogen-bond donors (Lipinski definition) is 1. The molecule has 1 N–H and O–H groups in total. The molecule has 0 fully saturated rings. The van der Waals surface area contributed by atoms with Gasteiger partial charge in [0.05, 0.1) is 4.88 Å². The first-order chi connectivity index (χ1) is 12.1. The van der Waals surface area contributed by atoms with Crippen molar-refractivity contribution in [1.29, 1.82) is 0 Å². The Balaban J connectivity index is 1.70. The molecule has 0 aliphatic heterocycles. The van der Waals surface area contributed by atoms with Gasteiger partial charge in [-0.05, 0) is 35.2 Å². The number of aromatic amines is 1. The summed E-state index contributed by atoms with van der Waals surface area (Å²) in [6.07, 6.45) is 0. The zero-order chi connectivity index (χ0) is 17.4. The van der Waals surface area contributed by atoms with Crippen LogP contribution in [0.4, 0.5) is 4.39 Å². The van der Waals surface area contributed by atoms with Gasteiger partial charge in [0.15, 0.2) is 0 Å². The van der Waals surface area contributed by atoms with Crippen LogP contribution in [-0.4, -0.2) is 19.8 Å². The summed E-state index contributed by atoms with van der Waals surface area (Å²) in [5, 5.41) is 13.9. The Kier molecular flexibility index (Phi) is 4.32. The highest BCUT2D eigenvalue weighted by Crippen LogP contribution is 2.28. The van der Waals surface area contributed by atoms with E-state index >= 15 is 0 Å². The summed E-state index contributed by atoms with van der Waals surface area (Å²) in [6, 6.07) is 9.88. The number of fused-ring (bicyclic) bond motifs is 1. The van der Waals surface area contributed by atoms with Crippen LogP contribution >= 0.6 is 34.7 Å². The van der Waals surface area contributed by atoms with Gasteiger partial charge in [0, 0.05) is 10.8 Å². The Labute approximate surface area is 154 Å². The van der Waals surface area contributed by atoms with Crippen LogP contribution in [0.25, 0.3) is 16.1 Å². The third kappa shape index (κ3) is 3.20. The molecule has 3 heterocycles. The Bertz CT molecular complexity index is 1110. The third-order valence-corrected chi connectivity index (χ3v) is 5.74. The number of nitrogens with zero attached hydrogens (tertiary/aromatic N) is 3. The molecular weight excluding hydrogens is 383 g/mol. The number of H-pyrrole nitrogens is 1. The topological polar surface area (TPSA) is 63.0 Å². The Morgan fingerprint density at radius 1 is 1.32 bits per heavy atom. The highest BCUT2D eigenvalue weighted by molar-refractivity contribution is 7.98. The molecule has 5 nitrogen and oxygen atoms in total. The lowest BCUT2D eigenvalue weighted by Crippen LogP contribution is -2.13. The molecule has 0 bridgehead atoms. The molecule has 0 aliphatic carbocycles. The summed E-state index contributed by atoms with van der Waals surface area (Å²) in [5.74, 6) is 0.0949. The molecule has 1 aromatic carbocycles. The molecule has 0 spiro atoms. The number of halogens is 2. The lowest BCUT2D eigenvalue weighted by atomic mass is 10.2. The predicted octanol–water partition coefficient (Wildman–Crippen LogP) is 4.23. The number of thioether (sulfide) groups is 1. The van der Waals surface area contributed by atoms with Gasteiger partial charge < -0.3 is 0 Å². The first-order valence-corrected chi connectivity index (χ1v) is 9.45. The van der Waals surface area contributed by atoms with Crippen LogP contribution in [0.15, 0.2) is 51.7 Å². The fourth-order valence-corrected chi connectivity index (χ4v) is 4.21. The van der Waals surface area contributed by atoms with Gasteiger partial charge in [-0.1, -0.05) is 35.5 Å². The van der Waals surface area contributed by atoms with Crippen molar-refractivity contribution in [3.05, 3.63) is 68.5 Å². The molecule has 0 aliphatic rings. The van der Waals surface area contributed by atoms with Gasteiger partial charge >= 0.3 is 0 Å². The fraction of sp³-hybridized carbons (Fsp3) is 0.0625. The average molecular weight is 393 g/mol. The van der Waals surface area contributed by atoms with Crippen LogP contribution in [0.5, 0.6) is 0 Å². The van der Waals surface area contributed by atoms with E-state index in [1.807, 2.05) is 17.5 Å². The second-order valence-corrected chi connectivity index (χ2v) is 7.46. The van der Waals surface area contributed by atoms with E-state index in [9.17, 15) is 9.18 Å². The van der Waals surface area contributed by atoms with E-state index < -0.39 is 0 Å². The fourth-order valence-electron chi connectivity index (χ4n) is 2.31. The Morgan fingerprint density at radius 2 is 2.20 bits per heavy atom. The van der Waals surface area contributed by atoms with Crippen molar-refractivity contribution in [2.24, 2.45) is 0 Å². The zero-order valence-corrected chi connectivity index (χ0v) is 15.0. The smallest absolute Gasteiger partial charge is 0.266 e. The van der Waals surface area contributed by atoms with Crippen LogP contribution in [0.1, 0.15) is 5.56 Å². The molecule has 0 amide bonds. The number of rotatable bonds is 4. The van der Waals surface area contributed by atoms with Gasteiger partial charge in [-0.15, -0.1) is 16.4 Å². The molecule has 0 saturated carbocycles. The number of hydrogen-bond acceptors (Lipinski definition) is 5. The highest BCUT2D eigenvalue weighted by atomic mass is 35.5. The van der Waals surface area contributed by atoms with Crippen molar-refractivity contribution in [3.63, 3.8) is 0 Å². The summed E-state index contributed by atoms with van der Waals surface area (Å²) in [5.41, 5.74) is 1.61. The van der Waals surface area contributed by atoms with Crippen LogP contribution in [0.3, 0.4) is 0 Å². The van der Waals surface area contributed by atoms with Crippen LogP contribution in [0.2, 0.25) is 5.02 Å². The number of aromatic nitrogens is 4. The molecule has 0 atom stereocenters. The van der Waals surface area contributed by atoms with E-state index in [1.165, 1.54) is 28.4 Å². The SMILES string of the molecule is O=c1[nH]nc(SCc2ccc(F)cc2Cl)n2nc(-c3cccs3)cc12. The maximum atomic E-state index is 13.1. The maximum absolute atomic E-state index is 13.1. The van der Waals surface area contributed by atoms with Crippen molar-refractivity contribution in [1.82, 2.24) is 19.8 Å². The molecule has 0 radical (unpaired) electrons. The monoisotopic (exact) mass is 392 g/mol. The molecule has 25 heavy (non-hydrogen) atoms. The van der Waals surface area contributed by atoms with Crippen LogP contribution in [-0.2, 0) is 5.75 Å². The van der Waals surface area contributed by atoms with Gasteiger partial charge in [-0.25, -0.2) is 14.0 Å². The third-order valence-electron chi connectivity index (χ3n) is 3.52. The largest absolute Gasteiger partial charge is 0.290 e. The number of benzene rings is 1. The minimum atomic E-state index is -0.379. The molecule has 0 saturated heterocycles. The van der Waals surface area contributed by atoms with Crippen LogP contribution in [0, 0.1) is 5.82 Å². The Morgan fingerprint density at radius 3 is 2.96 bits per heavy atom. The minimum Gasteiger partial charge on any atom is -0.266 e. The zero-order valence-electron chi connectivity index (χ0n) is 12.6. The van der Waals surface area contributed by atoms with Crippen molar-refractivity contribution in [2.45, 2.75) is 10.9 Å². The van der Waals surface area contributed by atoms with Gasteiger partial charge in [-0.2, -0.15) is 5.10 Å². The van der Waals surface area contributed by atoms with E-state index in [-0.39, 0.29) is 11.4 Å². The highest BCUT2D eigenvalue weighted by Gasteiger charge is 2.13. The number of nitrogens with one attached hydrogen (secondary N) is 1. The first kappa shape index (κ1) is 16.3. The minimum absolute atomic E-state index is 0.306. The second-order valence-electron chi connectivity index (χ2n) is 5.16. The molecular formula is C16H10ClFN4OS2. The van der Waals surface area contributed by atoms with E-state index in [0.717, 1.165) is 16.1 Å². The molecule has 4 rings (SSSR count). The van der Waals surface area contributed by atoms with E-state index in [0.29, 0.717) is 21.4 Å². The quantitative estimate of drug-likeness (QED) is 0.528. The molecule has 4 aromatic rings. The van der Waals surface area contributed by atoms with E-state index in [4.69, 9.17) is 11.6 Å². The number of thiophene rings is 1. The standard InChI is InChI=1S/C16H10ClFN4OS2/c17-11-6-10(18)4-3-9(11)8-25-16-20-19-15(23)13-7-12(21-22(13)16)14-2-1-5-24-14/h1-7H,8H2,(H,19,23). The summed E-state index contributed by atoms with van der Waals surface area (Å²) in [4.78, 5) is 13.0. The Hall–Kier alpha value is -2.16. The lowest BCUT2D eigenvalue weighted by Gasteiger charge is -2.05. The van der Waals surface area contributed by atoms with Crippen molar-refractivity contribution in [3.8, 4) is 10.6 Å². The lowest BCUT2D eigenvalue weighted by molar-refractivity contribution is 0.627. The normalized spacial score (nSPS) is 11.3. The molecule has 9 heteroatoms. The predicted molar refractivity (Wildman–Crippen MR) is 97.9 cm³/mol. The summed E-state index contributed by atoms with van der Waals surface area (Å²) < 4.78 is 14.7. The first-order valence-electron chi connectivity index (χ1n) is 7.21. The summed E-state index contributed by atoms with van der Waals surface area (Å²) >= 11 is 8.96. The van der Waals surface area contributed by atoms with Crippen molar-refractivity contribution < 1.29 is 4.39 Å². The molecule has 0 unspecified atom stereocenters. The van der Waals surface area contributed by atoms with Gasteiger partial charge in [0.25, 0.3) is 5.56 Å².